The fourth-order valence-corrected chi connectivity index (χ4v) is 2.39. The lowest BCUT2D eigenvalue weighted by Gasteiger charge is -2.12. The van der Waals surface area contributed by atoms with Crippen LogP contribution in [0, 0.1) is 11.8 Å². The van der Waals surface area contributed by atoms with Gasteiger partial charge in [-0.05, 0) is 5.92 Å². The van der Waals surface area contributed by atoms with E-state index in [9.17, 15) is 4.79 Å². The molecule has 1 N–H and O–H groups in total. The summed E-state index contributed by atoms with van der Waals surface area (Å²) in [4.78, 5) is 13.1. The van der Waals surface area contributed by atoms with E-state index in [1.54, 1.807) is 7.11 Å². The van der Waals surface area contributed by atoms with E-state index in [1.165, 1.54) is 0 Å². The number of likely N-dealkylation sites (tertiary alicyclic amines) is 1. The van der Waals surface area contributed by atoms with Crippen LogP contribution in [0.2, 0.25) is 0 Å². The van der Waals surface area contributed by atoms with Crippen LogP contribution >= 0.6 is 0 Å². The maximum absolute atomic E-state index is 11.0. The van der Waals surface area contributed by atoms with Crippen LogP contribution in [-0.4, -0.2) is 41.3 Å². The molecule has 100 valence electrons. The van der Waals surface area contributed by atoms with Crippen LogP contribution in [-0.2, 0) is 22.7 Å². The molecule has 1 fully saturated rings. The highest BCUT2D eigenvalue weighted by molar-refractivity contribution is 5.71. The zero-order chi connectivity index (χ0) is 13.1. The Kier molecular flexibility index (Phi) is 3.98. The number of carboxylic acid groups (broad SMARTS) is 1. The molecule has 0 amide bonds. The number of rotatable bonds is 5. The first kappa shape index (κ1) is 13.0. The molecule has 0 radical (unpaired) electrons. The third kappa shape index (κ3) is 2.88. The molecule has 0 spiro atoms. The molecule has 2 atom stereocenters. The number of nitrogens with zero attached hydrogens (tertiary/aromatic N) is 2. The van der Waals surface area contributed by atoms with E-state index < -0.39 is 5.97 Å². The number of hydrogen-bond donors (Lipinski definition) is 1. The number of carboxylic acids is 1. The number of hydrogen-bond acceptors (Lipinski definition) is 5. The molecule has 1 aliphatic heterocycles. The van der Waals surface area contributed by atoms with Crippen LogP contribution in [0.15, 0.2) is 10.6 Å². The van der Waals surface area contributed by atoms with Crippen molar-refractivity contribution >= 4 is 5.97 Å². The average molecular weight is 254 g/mol. The standard InChI is InChI=1S/C12H18N2O4/c1-8-4-14(6-11(8)12(15)16)5-9-3-10(7-17-2)18-13-9/h3,8,11H,4-7H2,1-2H3,(H,15,16). The van der Waals surface area contributed by atoms with Gasteiger partial charge in [-0.15, -0.1) is 0 Å². The Labute approximate surface area is 106 Å². The lowest BCUT2D eigenvalue weighted by molar-refractivity contribution is -0.142. The molecule has 1 aromatic rings. The summed E-state index contributed by atoms with van der Waals surface area (Å²) in [7, 11) is 1.60. The van der Waals surface area contributed by atoms with Crippen molar-refractivity contribution in [2.24, 2.45) is 11.8 Å². The quantitative estimate of drug-likeness (QED) is 0.844. The number of methoxy groups -OCH3 is 1. The smallest absolute Gasteiger partial charge is 0.308 e. The second-order valence-corrected chi connectivity index (χ2v) is 4.83. The van der Waals surface area contributed by atoms with Crippen molar-refractivity contribution in [2.75, 3.05) is 20.2 Å². The van der Waals surface area contributed by atoms with Gasteiger partial charge in [-0.3, -0.25) is 9.69 Å². The van der Waals surface area contributed by atoms with Crippen LogP contribution in [0.4, 0.5) is 0 Å². The van der Waals surface area contributed by atoms with Crippen molar-refractivity contribution in [1.29, 1.82) is 0 Å². The monoisotopic (exact) mass is 254 g/mol. The minimum Gasteiger partial charge on any atom is -0.481 e. The Morgan fingerprint density at radius 2 is 2.44 bits per heavy atom. The van der Waals surface area contributed by atoms with Crippen LogP contribution < -0.4 is 0 Å². The lowest BCUT2D eigenvalue weighted by Crippen LogP contribution is -2.23. The van der Waals surface area contributed by atoms with Gasteiger partial charge in [0, 0.05) is 32.8 Å². The Bertz CT molecular complexity index is 418. The van der Waals surface area contributed by atoms with Crippen LogP contribution in [0.3, 0.4) is 0 Å². The van der Waals surface area contributed by atoms with E-state index in [-0.39, 0.29) is 11.8 Å². The van der Waals surface area contributed by atoms with Gasteiger partial charge in [0.2, 0.25) is 0 Å². The summed E-state index contributed by atoms with van der Waals surface area (Å²) in [6.07, 6.45) is 0. The molecule has 0 bridgehead atoms. The first-order chi connectivity index (χ1) is 8.60. The predicted molar refractivity (Wildman–Crippen MR) is 62.8 cm³/mol. The van der Waals surface area contributed by atoms with E-state index in [1.807, 2.05) is 13.0 Å². The fourth-order valence-electron chi connectivity index (χ4n) is 2.39. The minimum atomic E-state index is -0.717. The van der Waals surface area contributed by atoms with Gasteiger partial charge in [-0.2, -0.15) is 0 Å². The van der Waals surface area contributed by atoms with Crippen molar-refractivity contribution in [3.63, 3.8) is 0 Å². The maximum atomic E-state index is 11.0. The van der Waals surface area contributed by atoms with E-state index in [4.69, 9.17) is 14.4 Å². The van der Waals surface area contributed by atoms with E-state index >= 15 is 0 Å². The summed E-state index contributed by atoms with van der Waals surface area (Å²) in [5.74, 6) is -0.136. The van der Waals surface area contributed by atoms with Crippen molar-refractivity contribution in [3.05, 3.63) is 17.5 Å². The van der Waals surface area contributed by atoms with Gasteiger partial charge in [0.25, 0.3) is 0 Å². The molecule has 1 aliphatic rings. The Balaban J connectivity index is 1.92. The van der Waals surface area contributed by atoms with Crippen LogP contribution in [0.5, 0.6) is 0 Å². The Hall–Kier alpha value is -1.40. The van der Waals surface area contributed by atoms with E-state index in [2.05, 4.69) is 10.1 Å². The lowest BCUT2D eigenvalue weighted by atomic mass is 9.99. The number of aliphatic carboxylic acids is 1. The van der Waals surface area contributed by atoms with Crippen molar-refractivity contribution < 1.29 is 19.2 Å². The van der Waals surface area contributed by atoms with Crippen LogP contribution in [0.25, 0.3) is 0 Å². The molecule has 1 saturated heterocycles. The first-order valence-electron chi connectivity index (χ1n) is 5.98. The maximum Gasteiger partial charge on any atom is 0.308 e. The normalized spacial score (nSPS) is 24.6. The molecule has 2 unspecified atom stereocenters. The summed E-state index contributed by atoms with van der Waals surface area (Å²) in [6.45, 7) is 4.35. The van der Waals surface area contributed by atoms with Crippen molar-refractivity contribution in [2.45, 2.75) is 20.1 Å². The third-order valence-electron chi connectivity index (χ3n) is 3.29. The minimum absolute atomic E-state index is 0.174. The summed E-state index contributed by atoms with van der Waals surface area (Å²) >= 11 is 0. The molecule has 18 heavy (non-hydrogen) atoms. The molecule has 0 aromatic carbocycles. The predicted octanol–water partition coefficient (Wildman–Crippen LogP) is 0.974. The summed E-state index contributed by atoms with van der Waals surface area (Å²) in [6, 6.07) is 1.85. The van der Waals surface area contributed by atoms with Gasteiger partial charge in [0.1, 0.15) is 6.61 Å². The fraction of sp³-hybridized carbons (Fsp3) is 0.667. The summed E-state index contributed by atoms with van der Waals surface area (Å²) in [5, 5.41) is 13.0. The molecule has 2 rings (SSSR count). The third-order valence-corrected chi connectivity index (χ3v) is 3.29. The number of carbonyl (C=O) groups is 1. The molecular formula is C12H18N2O4. The molecule has 0 aliphatic carbocycles. The second-order valence-electron chi connectivity index (χ2n) is 4.83. The average Bonchev–Trinajstić information content (AvgIpc) is 2.87. The number of ether oxygens (including phenoxy) is 1. The summed E-state index contributed by atoms with van der Waals surface area (Å²) < 4.78 is 10.1. The number of aromatic nitrogens is 1. The Morgan fingerprint density at radius 1 is 1.67 bits per heavy atom. The zero-order valence-corrected chi connectivity index (χ0v) is 10.6. The van der Waals surface area contributed by atoms with Crippen LogP contribution in [0.1, 0.15) is 18.4 Å². The van der Waals surface area contributed by atoms with Gasteiger partial charge in [-0.25, -0.2) is 0 Å². The van der Waals surface area contributed by atoms with Gasteiger partial charge < -0.3 is 14.4 Å². The van der Waals surface area contributed by atoms with E-state index in [0.717, 1.165) is 12.2 Å². The highest BCUT2D eigenvalue weighted by atomic mass is 16.5. The first-order valence-corrected chi connectivity index (χ1v) is 5.98. The molecule has 6 nitrogen and oxygen atoms in total. The molecular weight excluding hydrogens is 236 g/mol. The van der Waals surface area contributed by atoms with Gasteiger partial charge in [0.15, 0.2) is 5.76 Å². The topological polar surface area (TPSA) is 75.8 Å². The van der Waals surface area contributed by atoms with Gasteiger partial charge in [0.05, 0.1) is 11.6 Å². The Morgan fingerprint density at radius 3 is 3.06 bits per heavy atom. The molecule has 1 aromatic heterocycles. The van der Waals surface area contributed by atoms with E-state index in [0.29, 0.717) is 25.5 Å². The SMILES string of the molecule is COCc1cc(CN2CC(C)C(C(=O)O)C2)no1. The zero-order valence-electron chi connectivity index (χ0n) is 10.6. The van der Waals surface area contributed by atoms with Gasteiger partial charge in [-0.1, -0.05) is 12.1 Å². The largest absolute Gasteiger partial charge is 0.481 e. The molecule has 6 heteroatoms. The van der Waals surface area contributed by atoms with Gasteiger partial charge >= 0.3 is 5.97 Å². The van der Waals surface area contributed by atoms with Crippen molar-refractivity contribution in [1.82, 2.24) is 10.1 Å². The highest BCUT2D eigenvalue weighted by Crippen LogP contribution is 2.24. The highest BCUT2D eigenvalue weighted by Gasteiger charge is 2.34. The molecule has 2 heterocycles. The molecule has 0 saturated carbocycles. The second kappa shape index (κ2) is 5.49. The summed E-state index contributed by atoms with van der Waals surface area (Å²) in [5.41, 5.74) is 0.820. The van der Waals surface area contributed by atoms with Crippen molar-refractivity contribution in [3.8, 4) is 0 Å².